The van der Waals surface area contributed by atoms with Crippen LogP contribution in [-0.4, -0.2) is 44.3 Å². The maximum absolute atomic E-state index is 13.2. The molecular formula is C21H27NO4. The molecule has 5 heteroatoms. The van der Waals surface area contributed by atoms with E-state index in [1.165, 1.54) is 5.56 Å². The van der Waals surface area contributed by atoms with Gasteiger partial charge in [-0.1, -0.05) is 19.4 Å². The third kappa shape index (κ3) is 1.66. The standard InChI is InChI=1S/C21H27NO4/c1-6-10-20-17-13-7-8-14(24-4)18(17)26-19(20,2)16(23)9-11-21(20,25-5)15(12-13)22-3/h7-9,11,15,22H,6,10,12H2,1-5H3/t15?,19-,20-,21?/m0/s1. The Kier molecular flexibility index (Phi) is 3.76. The quantitative estimate of drug-likeness (QED) is 0.878. The molecule has 1 N–H and O–H groups in total. The number of ether oxygens (including phenoxy) is 3. The van der Waals surface area contributed by atoms with Crippen molar-refractivity contribution in [2.75, 3.05) is 21.3 Å². The number of methoxy groups -OCH3 is 2. The van der Waals surface area contributed by atoms with E-state index in [0.29, 0.717) is 11.5 Å². The Morgan fingerprint density at radius 1 is 1.35 bits per heavy atom. The van der Waals surface area contributed by atoms with Crippen LogP contribution in [0.25, 0.3) is 0 Å². The molecule has 5 nitrogen and oxygen atoms in total. The third-order valence-corrected chi connectivity index (χ3v) is 6.85. The van der Waals surface area contributed by atoms with Gasteiger partial charge < -0.3 is 19.5 Å². The maximum atomic E-state index is 13.2. The van der Waals surface area contributed by atoms with Crippen LogP contribution < -0.4 is 14.8 Å². The lowest BCUT2D eigenvalue weighted by molar-refractivity contribution is -0.159. The van der Waals surface area contributed by atoms with E-state index in [0.717, 1.165) is 24.8 Å². The Hall–Kier alpha value is -1.85. The molecule has 0 radical (unpaired) electrons. The number of benzene rings is 1. The van der Waals surface area contributed by atoms with Crippen molar-refractivity contribution in [3.8, 4) is 11.5 Å². The summed E-state index contributed by atoms with van der Waals surface area (Å²) in [7, 11) is 5.34. The van der Waals surface area contributed by atoms with Gasteiger partial charge in [0.1, 0.15) is 5.60 Å². The second kappa shape index (κ2) is 5.57. The van der Waals surface area contributed by atoms with Crippen molar-refractivity contribution < 1.29 is 19.0 Å². The van der Waals surface area contributed by atoms with Crippen LogP contribution in [0.2, 0.25) is 0 Å². The van der Waals surface area contributed by atoms with Gasteiger partial charge in [-0.3, -0.25) is 4.79 Å². The fraction of sp³-hybridized carbons (Fsp3) is 0.571. The Bertz CT molecular complexity index is 803. The summed E-state index contributed by atoms with van der Waals surface area (Å²) in [4.78, 5) is 13.2. The van der Waals surface area contributed by atoms with Gasteiger partial charge in [0.05, 0.1) is 12.5 Å². The summed E-state index contributed by atoms with van der Waals surface area (Å²) in [6.07, 6.45) is 6.12. The van der Waals surface area contributed by atoms with Crippen LogP contribution in [0.1, 0.15) is 37.8 Å². The highest BCUT2D eigenvalue weighted by molar-refractivity contribution is 6.02. The largest absolute Gasteiger partial charge is 0.493 e. The molecule has 1 aliphatic heterocycles. The summed E-state index contributed by atoms with van der Waals surface area (Å²) in [6, 6.07) is 4.09. The molecule has 3 aliphatic rings. The van der Waals surface area contributed by atoms with Crippen LogP contribution in [0.15, 0.2) is 24.3 Å². The maximum Gasteiger partial charge on any atom is 0.199 e. The van der Waals surface area contributed by atoms with Crippen LogP contribution in [0, 0.1) is 0 Å². The number of hydrogen-bond donors (Lipinski definition) is 1. The fourth-order valence-corrected chi connectivity index (χ4v) is 5.78. The van der Waals surface area contributed by atoms with Gasteiger partial charge in [-0.15, -0.1) is 0 Å². The van der Waals surface area contributed by atoms with Gasteiger partial charge in [0.25, 0.3) is 0 Å². The van der Waals surface area contributed by atoms with Crippen molar-refractivity contribution in [3.63, 3.8) is 0 Å². The Balaban J connectivity index is 2.15. The Morgan fingerprint density at radius 2 is 2.12 bits per heavy atom. The SMILES string of the molecule is CCC[C@]12c3c4ccc(OC)c3O[C@@]1(C)C(=O)C=CC2(OC)C(NC)C4. The van der Waals surface area contributed by atoms with Crippen LogP contribution in [0.3, 0.4) is 0 Å². The monoisotopic (exact) mass is 357 g/mol. The molecule has 0 fully saturated rings. The van der Waals surface area contributed by atoms with Gasteiger partial charge >= 0.3 is 0 Å². The molecule has 1 aromatic carbocycles. The lowest BCUT2D eigenvalue weighted by Crippen LogP contribution is -2.75. The predicted octanol–water partition coefficient (Wildman–Crippen LogP) is 2.55. The first-order valence-corrected chi connectivity index (χ1v) is 9.31. The molecule has 0 saturated carbocycles. The summed E-state index contributed by atoms with van der Waals surface area (Å²) in [6.45, 7) is 4.07. The second-order valence-electron chi connectivity index (χ2n) is 7.66. The van der Waals surface area contributed by atoms with Crippen molar-refractivity contribution in [1.82, 2.24) is 5.32 Å². The number of likely N-dealkylation sites (N-methyl/N-ethyl adjacent to an activating group) is 1. The van der Waals surface area contributed by atoms with Gasteiger partial charge in [0.2, 0.25) is 0 Å². The highest BCUT2D eigenvalue weighted by atomic mass is 16.5. The van der Waals surface area contributed by atoms with Crippen molar-refractivity contribution in [2.24, 2.45) is 0 Å². The van der Waals surface area contributed by atoms with Gasteiger partial charge in [0.15, 0.2) is 22.9 Å². The number of carbonyl (C=O) groups excluding carboxylic acids is 1. The van der Waals surface area contributed by atoms with Crippen LogP contribution >= 0.6 is 0 Å². The lowest BCUT2D eigenvalue weighted by atomic mass is 9.48. The predicted molar refractivity (Wildman–Crippen MR) is 99.1 cm³/mol. The van der Waals surface area contributed by atoms with Crippen molar-refractivity contribution >= 4 is 5.78 Å². The highest BCUT2D eigenvalue weighted by Gasteiger charge is 2.75. The van der Waals surface area contributed by atoms with Gasteiger partial charge in [0, 0.05) is 18.7 Å². The first kappa shape index (κ1) is 17.6. The van der Waals surface area contributed by atoms with E-state index in [9.17, 15) is 4.79 Å². The smallest absolute Gasteiger partial charge is 0.199 e. The van der Waals surface area contributed by atoms with Gasteiger partial charge in [-0.2, -0.15) is 0 Å². The van der Waals surface area contributed by atoms with E-state index in [-0.39, 0.29) is 11.8 Å². The number of hydrogen-bond acceptors (Lipinski definition) is 5. The van der Waals surface area contributed by atoms with Crippen LogP contribution in [0.5, 0.6) is 11.5 Å². The third-order valence-electron chi connectivity index (χ3n) is 6.85. The zero-order valence-electron chi connectivity index (χ0n) is 16.1. The molecule has 0 saturated heterocycles. The molecule has 0 aromatic heterocycles. The van der Waals surface area contributed by atoms with E-state index in [1.807, 2.05) is 26.1 Å². The van der Waals surface area contributed by atoms with E-state index < -0.39 is 16.6 Å². The summed E-state index contributed by atoms with van der Waals surface area (Å²) in [5.41, 5.74) is 0.0147. The minimum atomic E-state index is -1.02. The topological polar surface area (TPSA) is 56.8 Å². The molecule has 2 unspecified atom stereocenters. The number of nitrogens with one attached hydrogen (secondary N) is 1. The van der Waals surface area contributed by atoms with E-state index in [4.69, 9.17) is 14.2 Å². The molecule has 26 heavy (non-hydrogen) atoms. The molecular weight excluding hydrogens is 330 g/mol. The summed E-state index contributed by atoms with van der Waals surface area (Å²) >= 11 is 0. The molecule has 2 aliphatic carbocycles. The molecule has 0 spiro atoms. The fourth-order valence-electron chi connectivity index (χ4n) is 5.78. The van der Waals surface area contributed by atoms with E-state index in [2.05, 4.69) is 18.3 Å². The molecule has 0 amide bonds. The number of carbonyl (C=O) groups is 1. The first-order valence-electron chi connectivity index (χ1n) is 9.31. The lowest BCUT2D eigenvalue weighted by Gasteiger charge is -2.59. The second-order valence-corrected chi connectivity index (χ2v) is 7.66. The van der Waals surface area contributed by atoms with Crippen LogP contribution in [-0.2, 0) is 21.4 Å². The van der Waals surface area contributed by atoms with Crippen molar-refractivity contribution in [3.05, 3.63) is 35.4 Å². The number of rotatable bonds is 5. The Labute approximate surface area is 154 Å². The van der Waals surface area contributed by atoms with Crippen LogP contribution in [0.4, 0.5) is 0 Å². The average Bonchev–Trinajstić information content (AvgIpc) is 2.93. The molecule has 140 valence electrons. The van der Waals surface area contributed by atoms with E-state index in [1.54, 1.807) is 20.3 Å². The number of ketones is 1. The van der Waals surface area contributed by atoms with Crippen molar-refractivity contribution in [2.45, 2.75) is 55.8 Å². The summed E-state index contributed by atoms with van der Waals surface area (Å²) < 4.78 is 18.3. The Morgan fingerprint density at radius 3 is 2.73 bits per heavy atom. The average molecular weight is 357 g/mol. The summed E-state index contributed by atoms with van der Waals surface area (Å²) in [5, 5.41) is 3.45. The van der Waals surface area contributed by atoms with Gasteiger partial charge in [-0.25, -0.2) is 0 Å². The molecule has 4 atom stereocenters. The molecule has 0 bridgehead atoms. The van der Waals surface area contributed by atoms with E-state index >= 15 is 0 Å². The molecule has 4 rings (SSSR count). The molecule has 1 heterocycles. The minimum absolute atomic E-state index is 0.0143. The normalized spacial score (nSPS) is 36.7. The highest BCUT2D eigenvalue weighted by Crippen LogP contribution is 2.66. The van der Waals surface area contributed by atoms with Crippen molar-refractivity contribution in [1.29, 1.82) is 0 Å². The van der Waals surface area contributed by atoms with Gasteiger partial charge in [-0.05, 0) is 50.6 Å². The minimum Gasteiger partial charge on any atom is -0.493 e. The zero-order chi connectivity index (χ0) is 18.7. The zero-order valence-corrected chi connectivity index (χ0v) is 16.1. The first-order chi connectivity index (χ1) is 12.5. The molecule has 1 aromatic rings. The summed E-state index contributed by atoms with van der Waals surface area (Å²) in [5.74, 6) is 1.36.